The summed E-state index contributed by atoms with van der Waals surface area (Å²) in [6.07, 6.45) is 4.00. The summed E-state index contributed by atoms with van der Waals surface area (Å²) in [4.78, 5) is 4.93. The Hall–Kier alpha value is -0.120. The van der Waals surface area contributed by atoms with Crippen molar-refractivity contribution in [3.63, 3.8) is 0 Å². The van der Waals surface area contributed by atoms with Crippen LogP contribution in [0.25, 0.3) is 0 Å². The zero-order valence-corrected chi connectivity index (χ0v) is 11.3. The number of hydrogen-bond donors (Lipinski definition) is 1. The third kappa shape index (κ3) is 5.28. The fourth-order valence-corrected chi connectivity index (χ4v) is 2.43. The Bertz CT molecular complexity index is 174. The molecular weight excluding hydrogens is 198 g/mol. The third-order valence-corrected chi connectivity index (χ3v) is 3.67. The first-order valence-corrected chi connectivity index (χ1v) is 6.69. The average Bonchev–Trinajstić information content (AvgIpc) is 2.27. The third-order valence-electron chi connectivity index (χ3n) is 3.67. The monoisotopic (exact) mass is 227 g/mol. The maximum absolute atomic E-state index is 5.64. The summed E-state index contributed by atoms with van der Waals surface area (Å²) in [6, 6.07) is 0. The molecule has 1 atom stereocenters. The van der Waals surface area contributed by atoms with Gasteiger partial charge in [-0.15, -0.1) is 0 Å². The highest BCUT2D eigenvalue weighted by Gasteiger charge is 2.19. The summed E-state index contributed by atoms with van der Waals surface area (Å²) in [5.41, 5.74) is 5.64. The topological polar surface area (TPSA) is 32.5 Å². The second-order valence-electron chi connectivity index (χ2n) is 5.68. The minimum atomic E-state index is 0.680. The van der Waals surface area contributed by atoms with E-state index in [1.807, 2.05) is 0 Å². The summed E-state index contributed by atoms with van der Waals surface area (Å²) in [5.74, 6) is 1.60. The van der Waals surface area contributed by atoms with Crippen molar-refractivity contribution in [2.24, 2.45) is 17.6 Å². The lowest BCUT2D eigenvalue weighted by molar-refractivity contribution is 0.156. The van der Waals surface area contributed by atoms with Crippen molar-refractivity contribution >= 4 is 0 Å². The van der Waals surface area contributed by atoms with E-state index in [1.165, 1.54) is 45.4 Å². The molecule has 0 aromatic rings. The summed E-state index contributed by atoms with van der Waals surface area (Å²) < 4.78 is 0. The number of rotatable bonds is 6. The lowest BCUT2D eigenvalue weighted by Gasteiger charge is -2.33. The Morgan fingerprint density at radius 1 is 1.31 bits per heavy atom. The number of likely N-dealkylation sites (tertiary alicyclic amines) is 1. The molecule has 0 amide bonds. The van der Waals surface area contributed by atoms with Crippen LogP contribution in [-0.4, -0.2) is 56.6 Å². The van der Waals surface area contributed by atoms with E-state index in [0.717, 1.165) is 12.5 Å². The van der Waals surface area contributed by atoms with Gasteiger partial charge in [0, 0.05) is 6.54 Å². The number of piperidine rings is 1. The molecule has 0 spiro atoms. The first kappa shape index (κ1) is 13.9. The molecule has 1 fully saturated rings. The van der Waals surface area contributed by atoms with E-state index in [2.05, 4.69) is 30.8 Å². The Morgan fingerprint density at radius 3 is 2.44 bits per heavy atom. The van der Waals surface area contributed by atoms with Gasteiger partial charge in [0.15, 0.2) is 0 Å². The van der Waals surface area contributed by atoms with Gasteiger partial charge in [0.1, 0.15) is 0 Å². The van der Waals surface area contributed by atoms with E-state index in [0.29, 0.717) is 5.92 Å². The zero-order valence-electron chi connectivity index (χ0n) is 11.3. The van der Waals surface area contributed by atoms with Crippen molar-refractivity contribution in [1.29, 1.82) is 0 Å². The van der Waals surface area contributed by atoms with Crippen molar-refractivity contribution < 1.29 is 0 Å². The summed E-state index contributed by atoms with van der Waals surface area (Å²) in [6.45, 7) is 8.15. The molecule has 1 rings (SSSR count). The van der Waals surface area contributed by atoms with E-state index < -0.39 is 0 Å². The van der Waals surface area contributed by atoms with Gasteiger partial charge in [0.2, 0.25) is 0 Å². The van der Waals surface area contributed by atoms with Crippen molar-refractivity contribution in [3.05, 3.63) is 0 Å². The van der Waals surface area contributed by atoms with Crippen molar-refractivity contribution in [3.8, 4) is 0 Å². The highest BCUT2D eigenvalue weighted by molar-refractivity contribution is 4.74. The second-order valence-corrected chi connectivity index (χ2v) is 5.68. The van der Waals surface area contributed by atoms with E-state index in [1.54, 1.807) is 0 Å². The lowest BCUT2D eigenvalue weighted by atomic mass is 9.96. The Kier molecular flexibility index (Phi) is 6.32. The molecule has 1 unspecified atom stereocenters. The van der Waals surface area contributed by atoms with Crippen molar-refractivity contribution in [1.82, 2.24) is 9.80 Å². The number of hydrogen-bond acceptors (Lipinski definition) is 3. The molecule has 1 aliphatic rings. The van der Waals surface area contributed by atoms with Crippen molar-refractivity contribution in [2.75, 3.05) is 46.8 Å². The Balaban J connectivity index is 2.12. The van der Waals surface area contributed by atoms with Crippen LogP contribution in [0, 0.1) is 11.8 Å². The number of nitrogens with zero attached hydrogens (tertiary/aromatic N) is 2. The van der Waals surface area contributed by atoms with Gasteiger partial charge >= 0.3 is 0 Å². The van der Waals surface area contributed by atoms with E-state index >= 15 is 0 Å². The summed E-state index contributed by atoms with van der Waals surface area (Å²) >= 11 is 0. The van der Waals surface area contributed by atoms with Crippen LogP contribution in [0.15, 0.2) is 0 Å². The predicted molar refractivity (Wildman–Crippen MR) is 70.6 cm³/mol. The molecule has 1 aliphatic heterocycles. The second kappa shape index (κ2) is 7.25. The molecule has 0 saturated carbocycles. The van der Waals surface area contributed by atoms with E-state index in [9.17, 15) is 0 Å². The fourth-order valence-electron chi connectivity index (χ4n) is 2.43. The number of nitrogens with two attached hydrogens (primary N) is 1. The highest BCUT2D eigenvalue weighted by atomic mass is 15.1. The van der Waals surface area contributed by atoms with Gasteiger partial charge in [-0.2, -0.15) is 0 Å². The van der Waals surface area contributed by atoms with Gasteiger partial charge in [-0.05, 0) is 71.4 Å². The first-order chi connectivity index (χ1) is 7.61. The van der Waals surface area contributed by atoms with E-state index in [-0.39, 0.29) is 0 Å². The van der Waals surface area contributed by atoms with Crippen LogP contribution in [0.2, 0.25) is 0 Å². The minimum absolute atomic E-state index is 0.680. The highest BCUT2D eigenvalue weighted by Crippen LogP contribution is 2.18. The SMILES string of the molecule is CC(CN)CCN1CCC(CN(C)C)CC1. The van der Waals surface area contributed by atoms with Gasteiger partial charge in [-0.25, -0.2) is 0 Å². The minimum Gasteiger partial charge on any atom is -0.330 e. The largest absolute Gasteiger partial charge is 0.330 e. The van der Waals surface area contributed by atoms with Gasteiger partial charge in [0.25, 0.3) is 0 Å². The molecule has 1 saturated heterocycles. The lowest BCUT2D eigenvalue weighted by Crippen LogP contribution is -2.38. The quantitative estimate of drug-likeness (QED) is 0.741. The van der Waals surface area contributed by atoms with Crippen LogP contribution in [-0.2, 0) is 0 Å². The van der Waals surface area contributed by atoms with Crippen LogP contribution in [0.5, 0.6) is 0 Å². The van der Waals surface area contributed by atoms with Crippen LogP contribution in [0.1, 0.15) is 26.2 Å². The molecule has 0 aromatic heterocycles. The van der Waals surface area contributed by atoms with Gasteiger partial charge in [0.05, 0.1) is 0 Å². The maximum atomic E-state index is 5.64. The molecular formula is C13H29N3. The molecule has 3 nitrogen and oxygen atoms in total. The molecule has 0 aromatic carbocycles. The van der Waals surface area contributed by atoms with Crippen LogP contribution in [0.4, 0.5) is 0 Å². The van der Waals surface area contributed by atoms with E-state index in [4.69, 9.17) is 5.73 Å². The van der Waals surface area contributed by atoms with Crippen LogP contribution >= 0.6 is 0 Å². The van der Waals surface area contributed by atoms with Crippen LogP contribution < -0.4 is 5.73 Å². The predicted octanol–water partition coefficient (Wildman–Crippen LogP) is 1.24. The van der Waals surface area contributed by atoms with Gasteiger partial charge in [-0.3, -0.25) is 0 Å². The summed E-state index contributed by atoms with van der Waals surface area (Å²) in [7, 11) is 4.35. The molecule has 2 N–H and O–H groups in total. The molecule has 0 aliphatic carbocycles. The van der Waals surface area contributed by atoms with Crippen molar-refractivity contribution in [2.45, 2.75) is 26.2 Å². The standard InChI is InChI=1S/C13H29N3/c1-12(10-14)4-7-16-8-5-13(6-9-16)11-15(2)3/h12-13H,4-11,14H2,1-3H3. The Morgan fingerprint density at radius 2 is 1.94 bits per heavy atom. The molecule has 3 heteroatoms. The molecule has 1 heterocycles. The van der Waals surface area contributed by atoms with Gasteiger partial charge in [-0.1, -0.05) is 6.92 Å². The molecule has 96 valence electrons. The first-order valence-electron chi connectivity index (χ1n) is 6.69. The normalized spacial score (nSPS) is 21.6. The molecule has 16 heavy (non-hydrogen) atoms. The maximum Gasteiger partial charge on any atom is 0.000451 e. The average molecular weight is 227 g/mol. The Labute approximate surface area is 101 Å². The molecule has 0 bridgehead atoms. The molecule has 0 radical (unpaired) electrons. The van der Waals surface area contributed by atoms with Gasteiger partial charge < -0.3 is 15.5 Å². The smallest absolute Gasteiger partial charge is 0.000451 e. The fraction of sp³-hybridized carbons (Fsp3) is 1.00. The van der Waals surface area contributed by atoms with Crippen LogP contribution in [0.3, 0.4) is 0 Å². The summed E-state index contributed by atoms with van der Waals surface area (Å²) in [5, 5.41) is 0. The zero-order chi connectivity index (χ0) is 12.0.